The highest BCUT2D eigenvalue weighted by Gasteiger charge is 2.34. The number of aryl methyl sites for hydroxylation is 1. The van der Waals surface area contributed by atoms with Crippen LogP contribution in [0.15, 0.2) is 24.3 Å². The van der Waals surface area contributed by atoms with Crippen molar-refractivity contribution in [3.8, 4) is 0 Å². The molecule has 0 amide bonds. The first-order valence-electron chi connectivity index (χ1n) is 4.87. The molecule has 3 nitrogen and oxygen atoms in total. The van der Waals surface area contributed by atoms with E-state index >= 15 is 0 Å². The van der Waals surface area contributed by atoms with Crippen LogP contribution >= 0.6 is 0 Å². The van der Waals surface area contributed by atoms with Gasteiger partial charge in [-0.3, -0.25) is 0 Å². The zero-order chi connectivity index (χ0) is 11.5. The lowest BCUT2D eigenvalue weighted by Crippen LogP contribution is -2.39. The summed E-state index contributed by atoms with van der Waals surface area (Å²) in [5.41, 5.74) is 0.791. The molecule has 0 heterocycles. The van der Waals surface area contributed by atoms with E-state index in [1.165, 1.54) is 14.2 Å². The highest BCUT2D eigenvalue weighted by molar-refractivity contribution is 5.26. The van der Waals surface area contributed by atoms with Gasteiger partial charge in [0.05, 0.1) is 0 Å². The van der Waals surface area contributed by atoms with Gasteiger partial charge in [-0.05, 0) is 19.4 Å². The average Bonchev–Trinajstić information content (AvgIpc) is 2.19. The molecule has 1 aromatic carbocycles. The molecule has 15 heavy (non-hydrogen) atoms. The maximum Gasteiger partial charge on any atom is 0.189 e. The zero-order valence-corrected chi connectivity index (χ0v) is 9.65. The van der Waals surface area contributed by atoms with Gasteiger partial charge in [0.25, 0.3) is 0 Å². The first-order chi connectivity index (χ1) is 7.02. The molecule has 3 heteroatoms. The molecule has 1 N–H and O–H groups in total. The Balaban J connectivity index is 2.98. The molecule has 0 aromatic heterocycles. The van der Waals surface area contributed by atoms with Gasteiger partial charge >= 0.3 is 0 Å². The van der Waals surface area contributed by atoms with Crippen molar-refractivity contribution in [2.75, 3.05) is 14.2 Å². The number of ether oxygens (including phenoxy) is 2. The topological polar surface area (TPSA) is 38.7 Å². The predicted octanol–water partition coefficient (Wildman–Crippen LogP) is 1.82. The van der Waals surface area contributed by atoms with E-state index < -0.39 is 11.9 Å². The van der Waals surface area contributed by atoms with Gasteiger partial charge in [-0.15, -0.1) is 0 Å². The van der Waals surface area contributed by atoms with Crippen LogP contribution in [-0.4, -0.2) is 25.6 Å². The van der Waals surface area contributed by atoms with E-state index in [1.807, 2.05) is 31.2 Å². The minimum absolute atomic E-state index is 0.666. The second-order valence-corrected chi connectivity index (χ2v) is 3.82. The summed E-state index contributed by atoms with van der Waals surface area (Å²) in [7, 11) is 3.02. The zero-order valence-electron chi connectivity index (χ0n) is 9.65. The van der Waals surface area contributed by atoms with Crippen molar-refractivity contribution in [2.45, 2.75) is 25.7 Å². The van der Waals surface area contributed by atoms with Crippen LogP contribution < -0.4 is 0 Å². The molecule has 0 aliphatic carbocycles. The van der Waals surface area contributed by atoms with E-state index in [0.717, 1.165) is 11.1 Å². The summed E-state index contributed by atoms with van der Waals surface area (Å²) in [6, 6.07) is 7.65. The second kappa shape index (κ2) is 4.75. The minimum atomic E-state index is -1.14. The van der Waals surface area contributed by atoms with Crippen molar-refractivity contribution in [1.82, 2.24) is 0 Å². The number of rotatable bonds is 4. The van der Waals surface area contributed by atoms with Gasteiger partial charge in [0.15, 0.2) is 6.29 Å². The fourth-order valence-electron chi connectivity index (χ4n) is 1.58. The summed E-state index contributed by atoms with van der Waals surface area (Å²) in [5, 5.41) is 10.3. The van der Waals surface area contributed by atoms with Crippen LogP contribution in [0.1, 0.15) is 18.1 Å². The molecule has 84 valence electrons. The third-order valence-electron chi connectivity index (χ3n) is 2.52. The Morgan fingerprint density at radius 2 is 1.60 bits per heavy atom. The molecule has 0 aliphatic rings. The molecule has 0 saturated carbocycles. The molecule has 1 atom stereocenters. The Kier molecular flexibility index (Phi) is 3.85. The van der Waals surface area contributed by atoms with Gasteiger partial charge in [0.2, 0.25) is 0 Å². The molecular weight excluding hydrogens is 192 g/mol. The monoisotopic (exact) mass is 210 g/mol. The van der Waals surface area contributed by atoms with E-state index in [1.54, 1.807) is 6.92 Å². The second-order valence-electron chi connectivity index (χ2n) is 3.82. The maximum atomic E-state index is 10.3. The Morgan fingerprint density at radius 1 is 1.13 bits per heavy atom. The molecule has 0 bridgehead atoms. The largest absolute Gasteiger partial charge is 0.380 e. The van der Waals surface area contributed by atoms with Gasteiger partial charge < -0.3 is 14.6 Å². The molecule has 1 rings (SSSR count). The summed E-state index contributed by atoms with van der Waals surface area (Å²) in [6.07, 6.45) is -0.666. The number of aliphatic hydroxyl groups is 1. The summed E-state index contributed by atoms with van der Waals surface area (Å²) < 4.78 is 10.2. The highest BCUT2D eigenvalue weighted by atomic mass is 16.7. The fourth-order valence-corrected chi connectivity index (χ4v) is 1.58. The lowest BCUT2D eigenvalue weighted by molar-refractivity contribution is -0.213. The number of hydrogen-bond acceptors (Lipinski definition) is 3. The van der Waals surface area contributed by atoms with E-state index in [9.17, 15) is 5.11 Å². The summed E-state index contributed by atoms with van der Waals surface area (Å²) in [6.45, 7) is 3.68. The third kappa shape index (κ3) is 2.56. The lowest BCUT2D eigenvalue weighted by atomic mass is 9.94. The molecule has 0 radical (unpaired) electrons. The first kappa shape index (κ1) is 12.2. The van der Waals surface area contributed by atoms with Crippen molar-refractivity contribution in [1.29, 1.82) is 0 Å². The van der Waals surface area contributed by atoms with E-state index in [2.05, 4.69) is 0 Å². The molecule has 0 spiro atoms. The first-order valence-corrected chi connectivity index (χ1v) is 4.87. The molecule has 1 unspecified atom stereocenters. The SMILES string of the molecule is COC(OC)C(C)(O)c1ccc(C)cc1. The van der Waals surface area contributed by atoms with Gasteiger partial charge in [-0.1, -0.05) is 29.8 Å². The van der Waals surface area contributed by atoms with E-state index in [4.69, 9.17) is 9.47 Å². The Morgan fingerprint density at radius 3 is 2.00 bits per heavy atom. The van der Waals surface area contributed by atoms with Crippen LogP contribution in [-0.2, 0) is 15.1 Å². The number of benzene rings is 1. The average molecular weight is 210 g/mol. The molecule has 0 fully saturated rings. The highest BCUT2D eigenvalue weighted by Crippen LogP contribution is 2.26. The van der Waals surface area contributed by atoms with Crippen molar-refractivity contribution in [3.05, 3.63) is 35.4 Å². The van der Waals surface area contributed by atoms with Crippen molar-refractivity contribution < 1.29 is 14.6 Å². The van der Waals surface area contributed by atoms with Crippen LogP contribution in [0.25, 0.3) is 0 Å². The number of methoxy groups -OCH3 is 2. The van der Waals surface area contributed by atoms with Crippen molar-refractivity contribution in [3.63, 3.8) is 0 Å². The predicted molar refractivity (Wildman–Crippen MR) is 58.6 cm³/mol. The Labute approximate surface area is 90.6 Å². The van der Waals surface area contributed by atoms with Crippen LogP contribution in [0.2, 0.25) is 0 Å². The maximum absolute atomic E-state index is 10.3. The quantitative estimate of drug-likeness (QED) is 0.770. The fraction of sp³-hybridized carbons (Fsp3) is 0.500. The Bertz CT molecular complexity index is 299. The molecular formula is C12H18O3. The summed E-state index contributed by atoms with van der Waals surface area (Å²) in [4.78, 5) is 0. The van der Waals surface area contributed by atoms with Crippen molar-refractivity contribution >= 4 is 0 Å². The standard InChI is InChI=1S/C12H18O3/c1-9-5-7-10(8-6-9)12(2,13)11(14-3)15-4/h5-8,11,13H,1-4H3. The van der Waals surface area contributed by atoms with Crippen LogP contribution in [0, 0.1) is 6.92 Å². The lowest BCUT2D eigenvalue weighted by Gasteiger charge is -2.30. The van der Waals surface area contributed by atoms with Gasteiger partial charge in [0, 0.05) is 14.2 Å². The number of hydrogen-bond donors (Lipinski definition) is 1. The van der Waals surface area contributed by atoms with Crippen LogP contribution in [0.5, 0.6) is 0 Å². The summed E-state index contributed by atoms with van der Waals surface area (Å²) in [5.74, 6) is 0. The van der Waals surface area contributed by atoms with Gasteiger partial charge in [-0.25, -0.2) is 0 Å². The van der Waals surface area contributed by atoms with E-state index in [-0.39, 0.29) is 0 Å². The molecule has 1 aromatic rings. The summed E-state index contributed by atoms with van der Waals surface area (Å²) >= 11 is 0. The molecule has 0 saturated heterocycles. The van der Waals surface area contributed by atoms with Crippen LogP contribution in [0.4, 0.5) is 0 Å². The van der Waals surface area contributed by atoms with Gasteiger partial charge in [0.1, 0.15) is 5.60 Å². The minimum Gasteiger partial charge on any atom is -0.380 e. The smallest absolute Gasteiger partial charge is 0.189 e. The normalized spacial score (nSPS) is 15.3. The van der Waals surface area contributed by atoms with Gasteiger partial charge in [-0.2, -0.15) is 0 Å². The molecule has 0 aliphatic heterocycles. The van der Waals surface area contributed by atoms with Crippen molar-refractivity contribution in [2.24, 2.45) is 0 Å². The Hall–Kier alpha value is -0.900. The van der Waals surface area contributed by atoms with E-state index in [0.29, 0.717) is 0 Å². The van der Waals surface area contributed by atoms with Crippen LogP contribution in [0.3, 0.4) is 0 Å². The third-order valence-corrected chi connectivity index (χ3v) is 2.52.